The molecule has 0 aromatic rings. The maximum atomic E-state index is 6.03. The van der Waals surface area contributed by atoms with E-state index in [2.05, 4.69) is 37.9 Å². The van der Waals surface area contributed by atoms with Crippen LogP contribution in [0.15, 0.2) is 0 Å². The van der Waals surface area contributed by atoms with Crippen LogP contribution in [0.4, 0.5) is 0 Å². The number of ether oxygens (including phenoxy) is 1. The Morgan fingerprint density at radius 3 is 2.52 bits per heavy atom. The van der Waals surface area contributed by atoms with Crippen LogP contribution in [0.2, 0.25) is 0 Å². The number of hydrogen-bond donors (Lipinski definition) is 1. The molecule has 0 spiro atoms. The smallest absolute Gasteiger partial charge is 0.0702 e. The summed E-state index contributed by atoms with van der Waals surface area (Å²) in [5.74, 6) is 0.898. The standard InChI is InChI=1S/C18H34N2O/c1-17(2,3)16-12-20(11-15-7-5-6-10-21-15)18(4,13-19-16)14-8-9-14/h14-16,19H,5-13H2,1-4H3. The first kappa shape index (κ1) is 15.8. The van der Waals surface area contributed by atoms with Gasteiger partial charge in [0.05, 0.1) is 6.10 Å². The summed E-state index contributed by atoms with van der Waals surface area (Å²) < 4.78 is 6.03. The van der Waals surface area contributed by atoms with E-state index >= 15 is 0 Å². The molecule has 3 rings (SSSR count). The molecule has 3 fully saturated rings. The van der Waals surface area contributed by atoms with Gasteiger partial charge in [0.25, 0.3) is 0 Å². The molecule has 1 aliphatic carbocycles. The highest BCUT2D eigenvalue weighted by Crippen LogP contribution is 2.45. The van der Waals surface area contributed by atoms with Crippen LogP contribution < -0.4 is 5.32 Å². The summed E-state index contributed by atoms with van der Waals surface area (Å²) in [5.41, 5.74) is 0.680. The van der Waals surface area contributed by atoms with Gasteiger partial charge in [-0.05, 0) is 50.4 Å². The van der Waals surface area contributed by atoms with Gasteiger partial charge in [-0.2, -0.15) is 0 Å². The van der Waals surface area contributed by atoms with Crippen LogP contribution in [0, 0.1) is 11.3 Å². The van der Waals surface area contributed by atoms with Crippen molar-refractivity contribution in [2.45, 2.75) is 77.5 Å². The quantitative estimate of drug-likeness (QED) is 0.866. The highest BCUT2D eigenvalue weighted by molar-refractivity contribution is 5.06. The molecule has 3 unspecified atom stereocenters. The fourth-order valence-corrected chi connectivity index (χ4v) is 4.10. The van der Waals surface area contributed by atoms with Crippen molar-refractivity contribution in [2.24, 2.45) is 11.3 Å². The molecule has 3 heteroatoms. The molecule has 2 aliphatic heterocycles. The number of rotatable bonds is 3. The Morgan fingerprint density at radius 2 is 1.95 bits per heavy atom. The second-order valence-electron chi connectivity index (χ2n) is 8.82. The van der Waals surface area contributed by atoms with Gasteiger partial charge in [-0.25, -0.2) is 0 Å². The highest BCUT2D eigenvalue weighted by atomic mass is 16.5. The second kappa shape index (κ2) is 5.82. The van der Waals surface area contributed by atoms with Crippen molar-refractivity contribution in [3.8, 4) is 0 Å². The Labute approximate surface area is 130 Å². The summed E-state index contributed by atoms with van der Waals surface area (Å²) in [4.78, 5) is 2.78. The van der Waals surface area contributed by atoms with E-state index in [4.69, 9.17) is 4.74 Å². The Kier molecular flexibility index (Phi) is 4.37. The predicted octanol–water partition coefficient (Wildman–Crippen LogP) is 3.04. The monoisotopic (exact) mass is 294 g/mol. The lowest BCUT2D eigenvalue weighted by molar-refractivity contribution is -0.0556. The molecular weight excluding hydrogens is 260 g/mol. The largest absolute Gasteiger partial charge is 0.377 e. The Bertz CT molecular complexity index is 355. The van der Waals surface area contributed by atoms with Crippen LogP contribution in [0.25, 0.3) is 0 Å². The fourth-order valence-electron chi connectivity index (χ4n) is 4.10. The lowest BCUT2D eigenvalue weighted by Gasteiger charge is -2.52. The minimum Gasteiger partial charge on any atom is -0.377 e. The van der Waals surface area contributed by atoms with Gasteiger partial charge in [-0.15, -0.1) is 0 Å². The Hall–Kier alpha value is -0.120. The SMILES string of the molecule is CC(C)(C)C1CN(CC2CCCCO2)C(C)(C2CC2)CN1. The van der Waals surface area contributed by atoms with Crippen LogP contribution in [0.3, 0.4) is 0 Å². The maximum absolute atomic E-state index is 6.03. The first-order chi connectivity index (χ1) is 9.89. The van der Waals surface area contributed by atoms with Crippen molar-refractivity contribution in [3.05, 3.63) is 0 Å². The summed E-state index contributed by atoms with van der Waals surface area (Å²) >= 11 is 0. The first-order valence-corrected chi connectivity index (χ1v) is 8.99. The average Bonchev–Trinajstić information content (AvgIpc) is 3.26. The summed E-state index contributed by atoms with van der Waals surface area (Å²) in [5, 5.41) is 3.86. The minimum atomic E-state index is 0.330. The molecule has 122 valence electrons. The van der Waals surface area contributed by atoms with Gasteiger partial charge in [0, 0.05) is 37.8 Å². The number of piperazine rings is 1. The van der Waals surface area contributed by atoms with E-state index in [1.807, 2.05) is 0 Å². The van der Waals surface area contributed by atoms with Gasteiger partial charge < -0.3 is 10.1 Å². The molecule has 3 nitrogen and oxygen atoms in total. The van der Waals surface area contributed by atoms with E-state index in [1.165, 1.54) is 38.6 Å². The zero-order valence-corrected chi connectivity index (χ0v) is 14.5. The molecule has 0 radical (unpaired) electrons. The van der Waals surface area contributed by atoms with Gasteiger partial charge in [0.15, 0.2) is 0 Å². The van der Waals surface area contributed by atoms with Crippen LogP contribution in [0.5, 0.6) is 0 Å². The van der Waals surface area contributed by atoms with Gasteiger partial charge in [-0.1, -0.05) is 20.8 Å². The van der Waals surface area contributed by atoms with Crippen LogP contribution in [-0.4, -0.2) is 48.8 Å². The van der Waals surface area contributed by atoms with E-state index < -0.39 is 0 Å². The molecule has 2 saturated heterocycles. The van der Waals surface area contributed by atoms with Crippen LogP contribution in [0.1, 0.15) is 59.8 Å². The van der Waals surface area contributed by atoms with E-state index in [0.717, 1.165) is 25.6 Å². The number of nitrogens with zero attached hydrogens (tertiary/aromatic N) is 1. The predicted molar refractivity (Wildman–Crippen MR) is 87.5 cm³/mol. The maximum Gasteiger partial charge on any atom is 0.0702 e. The lowest BCUT2D eigenvalue weighted by atomic mass is 9.80. The molecule has 0 aromatic carbocycles. The molecule has 0 amide bonds. The van der Waals surface area contributed by atoms with Crippen molar-refractivity contribution in [1.29, 1.82) is 0 Å². The molecular formula is C18H34N2O. The molecule has 2 heterocycles. The van der Waals surface area contributed by atoms with E-state index in [9.17, 15) is 0 Å². The molecule has 1 N–H and O–H groups in total. The average molecular weight is 294 g/mol. The van der Waals surface area contributed by atoms with Crippen molar-refractivity contribution in [2.75, 3.05) is 26.2 Å². The van der Waals surface area contributed by atoms with Crippen molar-refractivity contribution >= 4 is 0 Å². The molecule has 3 atom stereocenters. The van der Waals surface area contributed by atoms with Crippen LogP contribution in [-0.2, 0) is 4.74 Å². The molecule has 3 aliphatic rings. The van der Waals surface area contributed by atoms with E-state index in [1.54, 1.807) is 0 Å². The second-order valence-corrected chi connectivity index (χ2v) is 8.82. The van der Waals surface area contributed by atoms with E-state index in [0.29, 0.717) is 23.1 Å². The normalized spacial score (nSPS) is 39.4. The van der Waals surface area contributed by atoms with Gasteiger partial charge >= 0.3 is 0 Å². The van der Waals surface area contributed by atoms with Gasteiger partial charge in [0.2, 0.25) is 0 Å². The topological polar surface area (TPSA) is 24.5 Å². The number of nitrogens with one attached hydrogen (secondary N) is 1. The zero-order chi connectivity index (χ0) is 15.1. The summed E-state index contributed by atoms with van der Waals surface area (Å²) in [6, 6.07) is 0.591. The molecule has 0 aromatic heterocycles. The van der Waals surface area contributed by atoms with Gasteiger partial charge in [0.1, 0.15) is 0 Å². The highest BCUT2D eigenvalue weighted by Gasteiger charge is 2.50. The lowest BCUT2D eigenvalue weighted by Crippen LogP contribution is -2.67. The van der Waals surface area contributed by atoms with Crippen molar-refractivity contribution < 1.29 is 4.74 Å². The molecule has 1 saturated carbocycles. The molecule has 0 bridgehead atoms. The van der Waals surface area contributed by atoms with Crippen molar-refractivity contribution in [1.82, 2.24) is 10.2 Å². The Morgan fingerprint density at radius 1 is 1.19 bits per heavy atom. The number of hydrogen-bond acceptors (Lipinski definition) is 3. The summed E-state index contributed by atoms with van der Waals surface area (Å²) in [6.07, 6.45) is 7.16. The summed E-state index contributed by atoms with van der Waals surface area (Å²) in [7, 11) is 0. The third-order valence-electron chi connectivity index (χ3n) is 6.03. The fraction of sp³-hybridized carbons (Fsp3) is 1.00. The third-order valence-corrected chi connectivity index (χ3v) is 6.03. The minimum absolute atomic E-state index is 0.330. The summed E-state index contributed by atoms with van der Waals surface area (Å²) in [6.45, 7) is 14.0. The zero-order valence-electron chi connectivity index (χ0n) is 14.5. The first-order valence-electron chi connectivity index (χ1n) is 8.99. The van der Waals surface area contributed by atoms with Crippen molar-refractivity contribution in [3.63, 3.8) is 0 Å². The Balaban J connectivity index is 1.70. The van der Waals surface area contributed by atoms with Gasteiger partial charge in [-0.3, -0.25) is 4.90 Å². The van der Waals surface area contributed by atoms with E-state index in [-0.39, 0.29) is 0 Å². The van der Waals surface area contributed by atoms with Crippen LogP contribution >= 0.6 is 0 Å². The third kappa shape index (κ3) is 3.46. The molecule has 21 heavy (non-hydrogen) atoms.